The highest BCUT2D eigenvalue weighted by atomic mass is 16.5. The number of methoxy groups -OCH3 is 1. The molecule has 0 atom stereocenters. The third kappa shape index (κ3) is 3.66. The molecule has 0 fully saturated rings. The summed E-state index contributed by atoms with van der Waals surface area (Å²) in [4.78, 5) is 24.3. The van der Waals surface area contributed by atoms with Gasteiger partial charge in [-0.15, -0.1) is 10.2 Å². The Morgan fingerprint density at radius 3 is 2.42 bits per heavy atom. The molecule has 0 amide bonds. The Labute approximate surface area is 177 Å². The van der Waals surface area contributed by atoms with Crippen molar-refractivity contribution in [3.8, 4) is 11.4 Å². The van der Waals surface area contributed by atoms with Crippen LogP contribution < -0.4 is 0 Å². The van der Waals surface area contributed by atoms with Crippen molar-refractivity contribution >= 4 is 34.0 Å². The van der Waals surface area contributed by atoms with E-state index in [4.69, 9.17) is 4.74 Å². The Bertz CT molecular complexity index is 1330. The van der Waals surface area contributed by atoms with Gasteiger partial charge in [-0.3, -0.25) is 4.79 Å². The second-order valence-corrected chi connectivity index (χ2v) is 6.72. The molecule has 0 radical (unpaired) electrons. The quantitative estimate of drug-likeness (QED) is 0.277. The number of carbonyl (C=O) groups excluding carboxylic acids is 2. The van der Waals surface area contributed by atoms with Gasteiger partial charge in [0.25, 0.3) is 0 Å². The molecule has 4 rings (SSSR count). The summed E-state index contributed by atoms with van der Waals surface area (Å²) >= 11 is 0. The first-order valence-corrected chi connectivity index (χ1v) is 9.40. The molecular weight excluding hydrogens is 396 g/mol. The molecule has 8 heteroatoms. The molecule has 154 valence electrons. The van der Waals surface area contributed by atoms with Crippen molar-refractivity contribution in [2.75, 3.05) is 7.11 Å². The number of nitrogens with zero attached hydrogens (tertiary/aromatic N) is 4. The fraction of sp³-hybridized carbons (Fsp3) is 0.0870. The van der Waals surface area contributed by atoms with Crippen LogP contribution in [0.5, 0.6) is 5.75 Å². The van der Waals surface area contributed by atoms with Crippen LogP contribution in [-0.4, -0.2) is 33.7 Å². The fourth-order valence-electron chi connectivity index (χ4n) is 3.23. The molecule has 1 aromatic heterocycles. The molecule has 0 unspecified atom stereocenters. The van der Waals surface area contributed by atoms with Gasteiger partial charge in [0.2, 0.25) is 0 Å². The second-order valence-electron chi connectivity index (χ2n) is 6.72. The Morgan fingerprint density at radius 2 is 1.71 bits per heavy atom. The molecule has 0 aliphatic heterocycles. The SMILES string of the molecule is COC(=O)c1cnn(-c2ccccc2)c1/N=N/c1c(O)c(C(C)=O)cc2ccccc12. The molecule has 0 spiro atoms. The zero-order chi connectivity index (χ0) is 22.0. The summed E-state index contributed by atoms with van der Waals surface area (Å²) in [6.45, 7) is 1.37. The van der Waals surface area contributed by atoms with Gasteiger partial charge in [0.1, 0.15) is 11.3 Å². The molecule has 0 bridgehead atoms. The van der Waals surface area contributed by atoms with Crippen molar-refractivity contribution in [1.29, 1.82) is 0 Å². The van der Waals surface area contributed by atoms with Crippen LogP contribution in [0.3, 0.4) is 0 Å². The van der Waals surface area contributed by atoms with Crippen LogP contribution in [-0.2, 0) is 4.74 Å². The van der Waals surface area contributed by atoms with E-state index in [1.807, 2.05) is 30.3 Å². The minimum Gasteiger partial charge on any atom is -0.505 e. The normalized spacial score (nSPS) is 11.2. The van der Waals surface area contributed by atoms with E-state index >= 15 is 0 Å². The van der Waals surface area contributed by atoms with E-state index in [-0.39, 0.29) is 34.2 Å². The summed E-state index contributed by atoms with van der Waals surface area (Å²) in [5.74, 6) is -1.07. The number of Topliss-reactive ketones (excluding diaryl/α,β-unsaturated/α-hetero) is 1. The number of aromatic nitrogens is 2. The number of phenols is 1. The number of benzene rings is 3. The zero-order valence-electron chi connectivity index (χ0n) is 16.8. The molecule has 8 nitrogen and oxygen atoms in total. The van der Waals surface area contributed by atoms with E-state index in [2.05, 4.69) is 15.3 Å². The smallest absolute Gasteiger partial charge is 0.343 e. The summed E-state index contributed by atoms with van der Waals surface area (Å²) in [7, 11) is 1.26. The lowest BCUT2D eigenvalue weighted by Crippen LogP contribution is -2.01. The molecule has 0 aliphatic rings. The molecular formula is C23H18N4O4. The topological polar surface area (TPSA) is 106 Å². The number of para-hydroxylation sites is 1. The highest BCUT2D eigenvalue weighted by Crippen LogP contribution is 2.40. The highest BCUT2D eigenvalue weighted by molar-refractivity contribution is 6.06. The molecule has 1 heterocycles. The molecule has 0 saturated heterocycles. The van der Waals surface area contributed by atoms with Gasteiger partial charge < -0.3 is 9.84 Å². The summed E-state index contributed by atoms with van der Waals surface area (Å²) in [6.07, 6.45) is 1.34. The van der Waals surface area contributed by atoms with Crippen LogP contribution in [0.25, 0.3) is 16.5 Å². The van der Waals surface area contributed by atoms with Crippen LogP contribution in [0.1, 0.15) is 27.6 Å². The number of hydrogen-bond donors (Lipinski definition) is 1. The Morgan fingerprint density at radius 1 is 1.00 bits per heavy atom. The van der Waals surface area contributed by atoms with E-state index in [0.29, 0.717) is 11.1 Å². The van der Waals surface area contributed by atoms with Crippen LogP contribution >= 0.6 is 0 Å². The summed E-state index contributed by atoms with van der Waals surface area (Å²) in [5.41, 5.74) is 1.04. The number of esters is 1. The molecule has 0 aliphatic carbocycles. The maximum Gasteiger partial charge on any atom is 0.343 e. The zero-order valence-corrected chi connectivity index (χ0v) is 16.8. The Hall–Kier alpha value is -4.33. The number of carbonyl (C=O) groups is 2. The fourth-order valence-corrected chi connectivity index (χ4v) is 3.23. The van der Waals surface area contributed by atoms with Crippen LogP contribution in [0, 0.1) is 0 Å². The lowest BCUT2D eigenvalue weighted by Gasteiger charge is -2.09. The predicted octanol–water partition coefficient (Wildman–Crippen LogP) is 5.14. The molecule has 0 saturated carbocycles. The van der Waals surface area contributed by atoms with E-state index in [1.165, 1.54) is 24.9 Å². The van der Waals surface area contributed by atoms with Gasteiger partial charge in [0.05, 0.1) is 24.6 Å². The first kappa shape index (κ1) is 20.0. The number of phenolic OH excluding ortho intramolecular Hbond substituents is 1. The average molecular weight is 414 g/mol. The number of aromatic hydroxyl groups is 1. The van der Waals surface area contributed by atoms with Gasteiger partial charge in [-0.05, 0) is 30.5 Å². The third-order valence-corrected chi connectivity index (χ3v) is 4.77. The summed E-state index contributed by atoms with van der Waals surface area (Å²) < 4.78 is 6.28. The lowest BCUT2D eigenvalue weighted by atomic mass is 10.0. The molecule has 3 aromatic carbocycles. The molecule has 1 N–H and O–H groups in total. The Balaban J connectivity index is 1.92. The van der Waals surface area contributed by atoms with Crippen LogP contribution in [0.2, 0.25) is 0 Å². The van der Waals surface area contributed by atoms with Crippen LogP contribution in [0.4, 0.5) is 11.5 Å². The lowest BCUT2D eigenvalue weighted by molar-refractivity contribution is 0.0601. The number of rotatable bonds is 5. The monoisotopic (exact) mass is 414 g/mol. The van der Waals surface area contributed by atoms with E-state index < -0.39 is 5.97 Å². The number of ether oxygens (including phenoxy) is 1. The summed E-state index contributed by atoms with van der Waals surface area (Å²) in [6, 6.07) is 17.9. The van der Waals surface area contributed by atoms with Crippen molar-refractivity contribution in [3.05, 3.63) is 78.0 Å². The first-order chi connectivity index (χ1) is 15.0. The minimum atomic E-state index is -0.623. The maximum absolute atomic E-state index is 12.2. The van der Waals surface area contributed by atoms with Gasteiger partial charge >= 0.3 is 5.97 Å². The van der Waals surface area contributed by atoms with Crippen molar-refractivity contribution in [2.45, 2.75) is 6.92 Å². The number of hydrogen-bond acceptors (Lipinski definition) is 7. The number of ketones is 1. The third-order valence-electron chi connectivity index (χ3n) is 4.77. The minimum absolute atomic E-state index is 0.113. The maximum atomic E-state index is 12.2. The van der Waals surface area contributed by atoms with E-state index in [9.17, 15) is 14.7 Å². The van der Waals surface area contributed by atoms with Crippen molar-refractivity contribution < 1.29 is 19.4 Å². The van der Waals surface area contributed by atoms with Crippen LogP contribution in [0.15, 0.2) is 77.1 Å². The standard InChI is InChI=1S/C23H18N4O4/c1-14(28)18-12-15-8-6-7-11-17(15)20(21(18)29)25-26-22-19(23(30)31-2)13-24-27(22)16-9-4-3-5-10-16/h3-13,29H,1-2H3/b26-25+. The first-order valence-electron chi connectivity index (χ1n) is 9.40. The number of azo groups is 1. The predicted molar refractivity (Wildman–Crippen MR) is 115 cm³/mol. The van der Waals surface area contributed by atoms with Crippen molar-refractivity contribution in [2.24, 2.45) is 10.2 Å². The van der Waals surface area contributed by atoms with E-state index in [0.717, 1.165) is 5.39 Å². The van der Waals surface area contributed by atoms with Gasteiger partial charge in [0, 0.05) is 5.39 Å². The summed E-state index contributed by atoms with van der Waals surface area (Å²) in [5, 5.41) is 24.8. The Kier molecular flexibility index (Phi) is 5.28. The van der Waals surface area contributed by atoms with Crippen molar-refractivity contribution in [3.63, 3.8) is 0 Å². The largest absolute Gasteiger partial charge is 0.505 e. The molecule has 4 aromatic rings. The number of fused-ring (bicyclic) bond motifs is 1. The van der Waals surface area contributed by atoms with Gasteiger partial charge in [-0.2, -0.15) is 5.10 Å². The van der Waals surface area contributed by atoms with E-state index in [1.54, 1.807) is 30.3 Å². The van der Waals surface area contributed by atoms with Gasteiger partial charge in [-0.1, -0.05) is 42.5 Å². The second kappa shape index (κ2) is 8.19. The molecule has 31 heavy (non-hydrogen) atoms. The average Bonchev–Trinajstić information content (AvgIpc) is 3.22. The van der Waals surface area contributed by atoms with Gasteiger partial charge in [-0.25, -0.2) is 9.48 Å². The van der Waals surface area contributed by atoms with Gasteiger partial charge in [0.15, 0.2) is 17.4 Å². The van der Waals surface area contributed by atoms with Crippen molar-refractivity contribution in [1.82, 2.24) is 9.78 Å². The highest BCUT2D eigenvalue weighted by Gasteiger charge is 2.20.